The molecule has 0 heterocycles. The first-order valence-corrected chi connectivity index (χ1v) is 8.48. The number of rotatable bonds is 6. The maximum atomic E-state index is 5.95. The summed E-state index contributed by atoms with van der Waals surface area (Å²) in [5, 5.41) is 3.45. The van der Waals surface area contributed by atoms with Gasteiger partial charge in [-0.15, -0.1) is 0 Å². The van der Waals surface area contributed by atoms with Gasteiger partial charge in [0.2, 0.25) is 0 Å². The second-order valence-electron chi connectivity index (χ2n) is 4.13. The number of anilines is 2. The van der Waals surface area contributed by atoms with E-state index in [0.29, 0.717) is 0 Å². The number of hydrogen-bond acceptors (Lipinski definition) is 4. The van der Waals surface area contributed by atoms with Gasteiger partial charge in [0, 0.05) is 27.7 Å². The Morgan fingerprint density at radius 2 is 1.58 bits per heavy atom. The van der Waals surface area contributed by atoms with Gasteiger partial charge in [0.15, 0.2) is 0 Å². The van der Waals surface area contributed by atoms with E-state index in [1.807, 2.05) is 18.2 Å². The molecule has 4 heteroatoms. The molecule has 2 nitrogen and oxygen atoms in total. The minimum absolute atomic E-state index is 0.832. The van der Waals surface area contributed by atoms with Crippen LogP contribution in [0.5, 0.6) is 0 Å². The minimum atomic E-state index is 0.832. The molecule has 100 valence electrons. The third-order valence-corrected chi connectivity index (χ3v) is 5.09. The summed E-state index contributed by atoms with van der Waals surface area (Å²) in [6.07, 6.45) is 1.12. The fraction of sp³-hybridized carbons (Fsp3) is 0.200. The summed E-state index contributed by atoms with van der Waals surface area (Å²) in [6, 6.07) is 16.3. The zero-order valence-corrected chi connectivity index (χ0v) is 12.6. The number of hydrogen-bond donors (Lipinski definition) is 2. The molecule has 2 aromatic rings. The molecule has 2 aromatic carbocycles. The van der Waals surface area contributed by atoms with Gasteiger partial charge in [-0.05, 0) is 30.7 Å². The fourth-order valence-electron chi connectivity index (χ4n) is 1.59. The van der Waals surface area contributed by atoms with E-state index in [0.717, 1.165) is 23.5 Å². The average Bonchev–Trinajstić information content (AvgIpc) is 2.45. The molecule has 0 amide bonds. The monoisotopic (exact) mass is 290 g/mol. The van der Waals surface area contributed by atoms with Crippen LogP contribution in [0.1, 0.15) is 13.3 Å². The van der Waals surface area contributed by atoms with Crippen molar-refractivity contribution in [1.82, 2.24) is 0 Å². The van der Waals surface area contributed by atoms with Crippen LogP contribution in [0.15, 0.2) is 58.3 Å². The number of nitrogens with two attached hydrogens (primary N) is 1. The molecule has 0 unspecified atom stereocenters. The molecular formula is C15H18N2S2. The molecule has 0 aromatic heterocycles. The Morgan fingerprint density at radius 1 is 0.947 bits per heavy atom. The third kappa shape index (κ3) is 4.11. The first-order chi connectivity index (χ1) is 9.31. The predicted molar refractivity (Wildman–Crippen MR) is 87.8 cm³/mol. The van der Waals surface area contributed by atoms with Crippen molar-refractivity contribution < 1.29 is 0 Å². The lowest BCUT2D eigenvalue weighted by molar-refractivity contribution is 0.975. The van der Waals surface area contributed by atoms with E-state index in [-0.39, 0.29) is 0 Å². The molecule has 0 atom stereocenters. The van der Waals surface area contributed by atoms with Gasteiger partial charge >= 0.3 is 0 Å². The summed E-state index contributed by atoms with van der Waals surface area (Å²) in [6.45, 7) is 3.16. The normalized spacial score (nSPS) is 10.4. The first-order valence-electron chi connectivity index (χ1n) is 6.33. The van der Waals surface area contributed by atoms with Crippen LogP contribution in [0.2, 0.25) is 0 Å². The molecule has 0 saturated carbocycles. The third-order valence-electron chi connectivity index (χ3n) is 2.59. The maximum absolute atomic E-state index is 5.95. The number of nitrogens with one attached hydrogen (secondary N) is 1. The van der Waals surface area contributed by atoms with Crippen LogP contribution in [0, 0.1) is 0 Å². The molecule has 0 aliphatic rings. The second kappa shape index (κ2) is 7.36. The second-order valence-corrected chi connectivity index (χ2v) is 6.34. The Bertz CT molecular complexity index is 529. The summed E-state index contributed by atoms with van der Waals surface area (Å²) >= 11 is 0. The van der Waals surface area contributed by atoms with Crippen molar-refractivity contribution in [2.45, 2.75) is 23.1 Å². The van der Waals surface area contributed by atoms with Crippen LogP contribution in [0.3, 0.4) is 0 Å². The average molecular weight is 290 g/mol. The van der Waals surface area contributed by atoms with Gasteiger partial charge in [-0.1, -0.05) is 52.8 Å². The molecular weight excluding hydrogens is 272 g/mol. The number of nitrogen functional groups attached to an aromatic ring is 1. The van der Waals surface area contributed by atoms with Gasteiger partial charge in [-0.2, -0.15) is 0 Å². The van der Waals surface area contributed by atoms with Gasteiger partial charge in [0.1, 0.15) is 0 Å². The first kappa shape index (κ1) is 14.2. The van der Waals surface area contributed by atoms with E-state index in [9.17, 15) is 0 Å². The van der Waals surface area contributed by atoms with Crippen molar-refractivity contribution in [3.63, 3.8) is 0 Å². The van der Waals surface area contributed by atoms with Gasteiger partial charge in [0.05, 0.1) is 0 Å². The summed E-state index contributed by atoms with van der Waals surface area (Å²) in [4.78, 5) is 2.35. The smallest absolute Gasteiger partial charge is 0.0487 e. The van der Waals surface area contributed by atoms with Gasteiger partial charge in [-0.25, -0.2) is 0 Å². The van der Waals surface area contributed by atoms with Crippen molar-refractivity contribution >= 4 is 33.0 Å². The Balaban J connectivity index is 2.05. The molecule has 0 bridgehead atoms. The zero-order chi connectivity index (χ0) is 13.5. The highest BCUT2D eigenvalue weighted by Crippen LogP contribution is 2.42. The van der Waals surface area contributed by atoms with Crippen LogP contribution in [-0.4, -0.2) is 6.54 Å². The van der Waals surface area contributed by atoms with Crippen LogP contribution in [0.4, 0.5) is 11.4 Å². The van der Waals surface area contributed by atoms with Crippen molar-refractivity contribution in [1.29, 1.82) is 0 Å². The molecule has 0 saturated heterocycles. The summed E-state index contributed by atoms with van der Waals surface area (Å²) < 4.78 is 0. The zero-order valence-electron chi connectivity index (χ0n) is 10.9. The quantitative estimate of drug-likeness (QED) is 0.587. The molecule has 0 radical (unpaired) electrons. The van der Waals surface area contributed by atoms with Gasteiger partial charge in [-0.3, -0.25) is 0 Å². The molecule has 0 fully saturated rings. The van der Waals surface area contributed by atoms with Crippen LogP contribution < -0.4 is 11.1 Å². The molecule has 2 rings (SSSR count). The van der Waals surface area contributed by atoms with Crippen molar-refractivity contribution in [2.24, 2.45) is 0 Å². The summed E-state index contributed by atoms with van der Waals surface area (Å²) in [5.41, 5.74) is 7.98. The van der Waals surface area contributed by atoms with E-state index < -0.39 is 0 Å². The highest BCUT2D eigenvalue weighted by atomic mass is 33.1. The molecule has 0 spiro atoms. The fourth-order valence-corrected chi connectivity index (χ4v) is 3.86. The van der Waals surface area contributed by atoms with E-state index in [1.54, 1.807) is 21.6 Å². The SMILES string of the molecule is CCCNc1ccccc1SSc1ccccc1N. The Kier molecular flexibility index (Phi) is 5.48. The topological polar surface area (TPSA) is 38.0 Å². The maximum Gasteiger partial charge on any atom is 0.0487 e. The van der Waals surface area contributed by atoms with Crippen molar-refractivity contribution in [3.8, 4) is 0 Å². The summed E-state index contributed by atoms with van der Waals surface area (Å²) in [7, 11) is 3.44. The molecule has 19 heavy (non-hydrogen) atoms. The summed E-state index contributed by atoms with van der Waals surface area (Å²) in [5.74, 6) is 0. The molecule has 3 N–H and O–H groups in total. The lowest BCUT2D eigenvalue weighted by atomic mass is 10.3. The van der Waals surface area contributed by atoms with Crippen molar-refractivity contribution in [2.75, 3.05) is 17.6 Å². The van der Waals surface area contributed by atoms with Crippen molar-refractivity contribution in [3.05, 3.63) is 48.5 Å². The van der Waals surface area contributed by atoms with Gasteiger partial charge in [0.25, 0.3) is 0 Å². The van der Waals surface area contributed by atoms with E-state index in [4.69, 9.17) is 5.73 Å². The highest BCUT2D eigenvalue weighted by molar-refractivity contribution is 8.76. The van der Waals surface area contributed by atoms with Crippen LogP contribution in [-0.2, 0) is 0 Å². The molecule has 0 aliphatic heterocycles. The van der Waals surface area contributed by atoms with E-state index >= 15 is 0 Å². The van der Waals surface area contributed by atoms with Crippen LogP contribution >= 0.6 is 21.6 Å². The van der Waals surface area contributed by atoms with Gasteiger partial charge < -0.3 is 11.1 Å². The number of benzene rings is 2. The largest absolute Gasteiger partial charge is 0.398 e. The Labute approximate surface area is 122 Å². The minimum Gasteiger partial charge on any atom is -0.398 e. The lowest BCUT2D eigenvalue weighted by Crippen LogP contribution is -2.00. The Hall–Kier alpha value is -1.26. The van der Waals surface area contributed by atoms with Crippen LogP contribution in [0.25, 0.3) is 0 Å². The predicted octanol–water partition coefficient (Wildman–Crippen LogP) is 4.89. The lowest BCUT2D eigenvalue weighted by Gasteiger charge is -2.10. The molecule has 0 aliphatic carbocycles. The highest BCUT2D eigenvalue weighted by Gasteiger charge is 2.04. The van der Waals surface area contributed by atoms with E-state index in [2.05, 4.69) is 42.6 Å². The standard InChI is InChI=1S/C15H18N2S2/c1-2-11-17-13-8-4-6-10-15(13)19-18-14-9-5-3-7-12(14)16/h3-10,17H,2,11,16H2,1H3. The number of para-hydroxylation sites is 2. The Morgan fingerprint density at radius 3 is 2.32 bits per heavy atom. The van der Waals surface area contributed by atoms with E-state index in [1.165, 1.54) is 10.6 Å².